The van der Waals surface area contributed by atoms with Crippen LogP contribution in [0.15, 0.2) is 109 Å². The summed E-state index contributed by atoms with van der Waals surface area (Å²) >= 11 is 0. The molecule has 126 valence electrons. The van der Waals surface area contributed by atoms with E-state index in [1.165, 1.54) is 0 Å². The van der Waals surface area contributed by atoms with Gasteiger partial charge < -0.3 is 9.47 Å². The van der Waals surface area contributed by atoms with Crippen molar-refractivity contribution in [2.45, 2.75) is 0 Å². The molecule has 2 nitrogen and oxygen atoms in total. The number of hydrogen-bond acceptors (Lipinski definition) is 2. The average molecular weight is 338 g/mol. The highest BCUT2D eigenvalue weighted by molar-refractivity contribution is 5.72. The van der Waals surface area contributed by atoms with Crippen LogP contribution in [0, 0.1) is 0 Å². The summed E-state index contributed by atoms with van der Waals surface area (Å²) in [4.78, 5) is 0. The van der Waals surface area contributed by atoms with E-state index in [1.54, 1.807) is 0 Å². The first-order chi connectivity index (χ1) is 12.9. The molecule has 0 amide bonds. The van der Waals surface area contributed by atoms with Crippen molar-refractivity contribution in [3.63, 3.8) is 0 Å². The summed E-state index contributed by atoms with van der Waals surface area (Å²) < 4.78 is 12.1. The smallest absolute Gasteiger partial charge is 0.135 e. The highest BCUT2D eigenvalue weighted by atomic mass is 16.5. The lowest BCUT2D eigenvalue weighted by molar-refractivity contribution is 0.471. The molecule has 0 heterocycles. The zero-order chi connectivity index (χ0) is 17.6. The van der Waals surface area contributed by atoms with Crippen molar-refractivity contribution in [2.24, 2.45) is 0 Å². The van der Waals surface area contributed by atoms with Crippen molar-refractivity contribution in [3.05, 3.63) is 109 Å². The van der Waals surface area contributed by atoms with Gasteiger partial charge in [-0.15, -0.1) is 0 Å². The average Bonchev–Trinajstić information content (AvgIpc) is 2.71. The van der Waals surface area contributed by atoms with Gasteiger partial charge in [0, 0.05) is 5.56 Å². The van der Waals surface area contributed by atoms with E-state index in [0.29, 0.717) is 0 Å². The van der Waals surface area contributed by atoms with Gasteiger partial charge in [-0.3, -0.25) is 0 Å². The van der Waals surface area contributed by atoms with E-state index in [1.807, 2.05) is 97.1 Å². The molecular formula is C24H18O2. The maximum atomic E-state index is 6.11. The molecule has 4 rings (SSSR count). The van der Waals surface area contributed by atoms with Gasteiger partial charge in [-0.2, -0.15) is 0 Å². The van der Waals surface area contributed by atoms with Gasteiger partial charge in [0.25, 0.3) is 0 Å². The fourth-order valence-electron chi connectivity index (χ4n) is 2.75. The fraction of sp³-hybridized carbons (Fsp3) is 0. The van der Waals surface area contributed by atoms with Gasteiger partial charge in [0.1, 0.15) is 23.0 Å². The van der Waals surface area contributed by atoms with Crippen molar-refractivity contribution in [3.8, 4) is 34.1 Å². The first kappa shape index (κ1) is 16.0. The summed E-state index contributed by atoms with van der Waals surface area (Å²) in [6.07, 6.45) is 0. The molecule has 0 aliphatic carbocycles. The minimum Gasteiger partial charge on any atom is -0.457 e. The third kappa shape index (κ3) is 3.76. The largest absolute Gasteiger partial charge is 0.457 e. The van der Waals surface area contributed by atoms with E-state index in [4.69, 9.17) is 9.47 Å². The summed E-state index contributed by atoms with van der Waals surface area (Å²) in [5, 5.41) is 0. The Morgan fingerprint density at radius 2 is 0.962 bits per heavy atom. The Hall–Kier alpha value is -3.52. The maximum absolute atomic E-state index is 6.11. The van der Waals surface area contributed by atoms with Crippen LogP contribution < -0.4 is 9.47 Å². The predicted octanol–water partition coefficient (Wildman–Crippen LogP) is 6.94. The molecule has 0 unspecified atom stereocenters. The summed E-state index contributed by atoms with van der Waals surface area (Å²) in [7, 11) is 0. The maximum Gasteiger partial charge on any atom is 0.135 e. The molecule has 4 aromatic carbocycles. The first-order valence-corrected chi connectivity index (χ1v) is 8.54. The fourth-order valence-corrected chi connectivity index (χ4v) is 2.75. The third-order valence-corrected chi connectivity index (χ3v) is 3.99. The molecule has 0 N–H and O–H groups in total. The van der Waals surface area contributed by atoms with Crippen LogP contribution in [0.5, 0.6) is 23.0 Å². The Morgan fingerprint density at radius 1 is 0.423 bits per heavy atom. The van der Waals surface area contributed by atoms with Crippen LogP contribution in [0.4, 0.5) is 0 Å². The van der Waals surface area contributed by atoms with E-state index in [2.05, 4.69) is 12.1 Å². The Balaban J connectivity index is 1.71. The summed E-state index contributed by atoms with van der Waals surface area (Å²) in [5.41, 5.74) is 2.07. The van der Waals surface area contributed by atoms with E-state index in [-0.39, 0.29) is 0 Å². The Morgan fingerprint density at radius 3 is 1.58 bits per heavy atom. The highest BCUT2D eigenvalue weighted by Crippen LogP contribution is 2.37. The molecule has 26 heavy (non-hydrogen) atoms. The van der Waals surface area contributed by atoms with Gasteiger partial charge in [-0.25, -0.2) is 0 Å². The quantitative estimate of drug-likeness (QED) is 0.392. The molecule has 0 aliphatic rings. The van der Waals surface area contributed by atoms with Crippen molar-refractivity contribution in [2.75, 3.05) is 0 Å². The van der Waals surface area contributed by atoms with Crippen LogP contribution in [0.1, 0.15) is 0 Å². The van der Waals surface area contributed by atoms with Crippen LogP contribution in [0.25, 0.3) is 11.1 Å². The van der Waals surface area contributed by atoms with Gasteiger partial charge >= 0.3 is 0 Å². The highest BCUT2D eigenvalue weighted by Gasteiger charge is 2.10. The van der Waals surface area contributed by atoms with Gasteiger partial charge in [0.2, 0.25) is 0 Å². The second-order valence-corrected chi connectivity index (χ2v) is 5.85. The predicted molar refractivity (Wildman–Crippen MR) is 105 cm³/mol. The van der Waals surface area contributed by atoms with Gasteiger partial charge in [0.15, 0.2) is 0 Å². The molecule has 0 aromatic heterocycles. The second kappa shape index (κ2) is 7.58. The zero-order valence-electron chi connectivity index (χ0n) is 14.2. The topological polar surface area (TPSA) is 18.5 Å². The monoisotopic (exact) mass is 338 g/mol. The normalized spacial score (nSPS) is 10.3. The number of benzene rings is 4. The third-order valence-electron chi connectivity index (χ3n) is 3.99. The Labute approximate surface area is 153 Å². The van der Waals surface area contributed by atoms with Crippen LogP contribution >= 0.6 is 0 Å². The van der Waals surface area contributed by atoms with Gasteiger partial charge in [0.05, 0.1) is 0 Å². The van der Waals surface area contributed by atoms with Crippen LogP contribution in [0.2, 0.25) is 0 Å². The second-order valence-electron chi connectivity index (χ2n) is 5.85. The molecule has 0 bridgehead atoms. The van der Waals surface area contributed by atoms with E-state index >= 15 is 0 Å². The SMILES string of the molecule is c1ccc(Oc2ccc(Oc3ccccc3)c(-c3ccccc3)c2)cc1. The molecule has 0 spiro atoms. The molecule has 0 aliphatic heterocycles. The van der Waals surface area contributed by atoms with E-state index < -0.39 is 0 Å². The van der Waals surface area contributed by atoms with E-state index in [0.717, 1.165) is 34.1 Å². The number of para-hydroxylation sites is 2. The summed E-state index contributed by atoms with van der Waals surface area (Å²) in [6.45, 7) is 0. The lowest BCUT2D eigenvalue weighted by Gasteiger charge is -2.14. The lowest BCUT2D eigenvalue weighted by atomic mass is 10.0. The standard InChI is InChI=1S/C24H18O2/c1-4-10-19(11-5-1)23-18-22(25-20-12-6-2-7-13-20)16-17-24(23)26-21-14-8-3-9-15-21/h1-18H. The van der Waals surface area contributed by atoms with Crippen molar-refractivity contribution in [1.29, 1.82) is 0 Å². The molecule has 0 fully saturated rings. The first-order valence-electron chi connectivity index (χ1n) is 8.54. The molecule has 0 atom stereocenters. The van der Waals surface area contributed by atoms with Crippen molar-refractivity contribution >= 4 is 0 Å². The molecule has 4 aromatic rings. The van der Waals surface area contributed by atoms with Gasteiger partial charge in [-0.1, -0.05) is 66.7 Å². The summed E-state index contributed by atoms with van der Waals surface area (Å²) in [5.74, 6) is 3.18. The van der Waals surface area contributed by atoms with E-state index in [9.17, 15) is 0 Å². The molecular weight excluding hydrogens is 320 g/mol. The van der Waals surface area contributed by atoms with Crippen LogP contribution in [0.3, 0.4) is 0 Å². The Bertz CT molecular complexity index is 965. The molecule has 0 saturated heterocycles. The van der Waals surface area contributed by atoms with Crippen molar-refractivity contribution < 1.29 is 9.47 Å². The van der Waals surface area contributed by atoms with Crippen molar-refractivity contribution in [1.82, 2.24) is 0 Å². The minimum atomic E-state index is 0.774. The minimum absolute atomic E-state index is 0.774. The van der Waals surface area contributed by atoms with Crippen LogP contribution in [-0.2, 0) is 0 Å². The molecule has 2 heteroatoms. The van der Waals surface area contributed by atoms with Crippen LogP contribution in [-0.4, -0.2) is 0 Å². The Kier molecular flexibility index (Phi) is 4.66. The molecule has 0 radical (unpaired) electrons. The number of hydrogen-bond donors (Lipinski definition) is 0. The van der Waals surface area contributed by atoms with Gasteiger partial charge in [-0.05, 0) is 48.0 Å². The lowest BCUT2D eigenvalue weighted by Crippen LogP contribution is -1.90. The molecule has 0 saturated carbocycles. The number of rotatable bonds is 5. The summed E-state index contributed by atoms with van der Waals surface area (Å²) in [6, 6.07) is 35.6. The number of ether oxygens (including phenoxy) is 2. The zero-order valence-corrected chi connectivity index (χ0v) is 14.2.